The summed E-state index contributed by atoms with van der Waals surface area (Å²) in [6, 6.07) is 8.91. The van der Waals surface area contributed by atoms with E-state index in [0.29, 0.717) is 25.4 Å². The highest BCUT2D eigenvalue weighted by molar-refractivity contribution is 5.94. The molecule has 0 bridgehead atoms. The van der Waals surface area contributed by atoms with Gasteiger partial charge in [0.2, 0.25) is 12.7 Å². The van der Waals surface area contributed by atoms with E-state index in [4.69, 9.17) is 13.9 Å². The Hall–Kier alpha value is -2.96. The fraction of sp³-hybridized carbons (Fsp3) is 0.294. The molecule has 1 aromatic heterocycles. The summed E-state index contributed by atoms with van der Waals surface area (Å²) in [6.45, 7) is 1.74. The van der Waals surface area contributed by atoms with Crippen molar-refractivity contribution in [3.8, 4) is 11.5 Å². The summed E-state index contributed by atoms with van der Waals surface area (Å²) in [6.07, 6.45) is 1.45. The van der Waals surface area contributed by atoms with Gasteiger partial charge in [-0.25, -0.2) is 0 Å². The van der Waals surface area contributed by atoms with Crippen LogP contribution in [0.1, 0.15) is 16.1 Å². The fourth-order valence-electron chi connectivity index (χ4n) is 2.86. The molecule has 2 aliphatic rings. The van der Waals surface area contributed by atoms with Crippen molar-refractivity contribution < 1.29 is 23.5 Å². The van der Waals surface area contributed by atoms with Crippen LogP contribution in [-0.2, 0) is 11.3 Å². The number of piperazine rings is 1. The average molecular weight is 328 g/mol. The van der Waals surface area contributed by atoms with E-state index in [9.17, 15) is 9.59 Å². The Kier molecular flexibility index (Phi) is 3.60. The zero-order valence-electron chi connectivity index (χ0n) is 12.9. The second-order valence-electron chi connectivity index (χ2n) is 5.71. The first-order chi connectivity index (χ1) is 11.7. The molecular formula is C17H16N2O5. The molecule has 0 unspecified atom stereocenters. The Labute approximate surface area is 138 Å². The number of nitrogens with zero attached hydrogens (tertiary/aromatic N) is 2. The number of carbonyl (C=O) groups is 2. The van der Waals surface area contributed by atoms with E-state index in [1.165, 1.54) is 11.2 Å². The summed E-state index contributed by atoms with van der Waals surface area (Å²) >= 11 is 0. The molecule has 2 aliphatic heterocycles. The van der Waals surface area contributed by atoms with Crippen LogP contribution in [-0.4, -0.2) is 48.0 Å². The van der Waals surface area contributed by atoms with Crippen molar-refractivity contribution in [2.45, 2.75) is 6.54 Å². The molecule has 7 nitrogen and oxygen atoms in total. The number of benzene rings is 1. The van der Waals surface area contributed by atoms with E-state index in [1.807, 2.05) is 18.2 Å². The van der Waals surface area contributed by atoms with Crippen molar-refractivity contribution in [1.29, 1.82) is 0 Å². The van der Waals surface area contributed by atoms with Crippen LogP contribution in [0, 0.1) is 0 Å². The lowest BCUT2D eigenvalue weighted by Crippen LogP contribution is -2.51. The Morgan fingerprint density at radius 1 is 1.12 bits per heavy atom. The number of hydrogen-bond acceptors (Lipinski definition) is 5. The lowest BCUT2D eigenvalue weighted by molar-refractivity contribution is -0.135. The molecule has 0 N–H and O–H groups in total. The summed E-state index contributed by atoms with van der Waals surface area (Å²) in [5.41, 5.74) is 0.971. The third kappa shape index (κ3) is 2.68. The summed E-state index contributed by atoms with van der Waals surface area (Å²) < 4.78 is 15.7. The van der Waals surface area contributed by atoms with Crippen LogP contribution in [0.3, 0.4) is 0 Å². The van der Waals surface area contributed by atoms with Gasteiger partial charge in [0.1, 0.15) is 6.54 Å². The van der Waals surface area contributed by atoms with E-state index in [0.717, 1.165) is 11.3 Å². The maximum absolute atomic E-state index is 12.4. The molecule has 1 saturated heterocycles. The molecule has 3 heterocycles. The van der Waals surface area contributed by atoms with Gasteiger partial charge in [-0.1, -0.05) is 6.07 Å². The first kappa shape index (κ1) is 14.6. The topological polar surface area (TPSA) is 72.2 Å². The van der Waals surface area contributed by atoms with Gasteiger partial charge in [0.15, 0.2) is 17.3 Å². The van der Waals surface area contributed by atoms with E-state index in [1.54, 1.807) is 17.0 Å². The lowest BCUT2D eigenvalue weighted by atomic mass is 10.1. The molecule has 4 rings (SSSR count). The zero-order valence-corrected chi connectivity index (χ0v) is 12.9. The number of ether oxygens (including phenoxy) is 2. The van der Waals surface area contributed by atoms with Crippen molar-refractivity contribution in [3.63, 3.8) is 0 Å². The van der Waals surface area contributed by atoms with Gasteiger partial charge >= 0.3 is 0 Å². The van der Waals surface area contributed by atoms with Crippen LogP contribution in [0.25, 0.3) is 0 Å². The van der Waals surface area contributed by atoms with Crippen LogP contribution in [0.15, 0.2) is 41.0 Å². The smallest absolute Gasteiger partial charge is 0.290 e. The van der Waals surface area contributed by atoms with Crippen LogP contribution in [0.4, 0.5) is 0 Å². The molecule has 1 aromatic carbocycles. The number of amides is 2. The number of hydrogen-bond donors (Lipinski definition) is 0. The number of rotatable bonds is 3. The Morgan fingerprint density at radius 2 is 2.00 bits per heavy atom. The molecule has 124 valence electrons. The number of furan rings is 1. The molecule has 2 amide bonds. The Balaban J connectivity index is 1.40. The van der Waals surface area contributed by atoms with Crippen molar-refractivity contribution in [2.75, 3.05) is 26.4 Å². The van der Waals surface area contributed by atoms with E-state index in [-0.39, 0.29) is 30.9 Å². The van der Waals surface area contributed by atoms with Crippen LogP contribution in [0.5, 0.6) is 11.5 Å². The molecule has 7 heteroatoms. The maximum Gasteiger partial charge on any atom is 0.290 e. The molecule has 1 fully saturated rings. The summed E-state index contributed by atoms with van der Waals surface area (Å²) in [7, 11) is 0. The van der Waals surface area contributed by atoms with E-state index in [2.05, 4.69) is 0 Å². The van der Waals surface area contributed by atoms with Gasteiger partial charge in [0.05, 0.1) is 6.26 Å². The molecule has 0 saturated carbocycles. The molecule has 0 atom stereocenters. The van der Waals surface area contributed by atoms with Crippen LogP contribution in [0.2, 0.25) is 0 Å². The Morgan fingerprint density at radius 3 is 2.79 bits per heavy atom. The van der Waals surface area contributed by atoms with E-state index >= 15 is 0 Å². The molecular weight excluding hydrogens is 312 g/mol. The van der Waals surface area contributed by atoms with Gasteiger partial charge in [-0.2, -0.15) is 0 Å². The third-order valence-electron chi connectivity index (χ3n) is 4.15. The minimum Gasteiger partial charge on any atom is -0.459 e. The van der Waals surface area contributed by atoms with Gasteiger partial charge in [-0.15, -0.1) is 0 Å². The average Bonchev–Trinajstić information content (AvgIpc) is 3.27. The standard InChI is InChI=1S/C17H16N2O5/c20-16-10-19(17(21)14-2-1-7-22-14)6-5-18(16)9-12-3-4-13-15(8-12)24-11-23-13/h1-4,7-8H,5-6,9-11H2. The maximum atomic E-state index is 12.4. The molecule has 0 spiro atoms. The number of carbonyl (C=O) groups excluding carboxylic acids is 2. The molecule has 0 radical (unpaired) electrons. The highest BCUT2D eigenvalue weighted by Crippen LogP contribution is 2.32. The van der Waals surface area contributed by atoms with E-state index < -0.39 is 0 Å². The number of fused-ring (bicyclic) bond motifs is 1. The first-order valence-electron chi connectivity index (χ1n) is 7.70. The Bertz CT molecular complexity index is 771. The van der Waals surface area contributed by atoms with Gasteiger partial charge < -0.3 is 23.7 Å². The minimum atomic E-state index is -0.254. The second-order valence-corrected chi connectivity index (χ2v) is 5.71. The summed E-state index contributed by atoms with van der Waals surface area (Å²) in [5.74, 6) is 1.34. The predicted molar refractivity (Wildman–Crippen MR) is 82.6 cm³/mol. The molecule has 24 heavy (non-hydrogen) atoms. The van der Waals surface area contributed by atoms with Crippen molar-refractivity contribution in [3.05, 3.63) is 47.9 Å². The van der Waals surface area contributed by atoms with Gasteiger partial charge in [0, 0.05) is 19.6 Å². The monoisotopic (exact) mass is 328 g/mol. The van der Waals surface area contributed by atoms with Crippen molar-refractivity contribution in [2.24, 2.45) is 0 Å². The third-order valence-corrected chi connectivity index (χ3v) is 4.15. The first-order valence-corrected chi connectivity index (χ1v) is 7.70. The molecule has 0 aliphatic carbocycles. The van der Waals surface area contributed by atoms with Crippen LogP contribution >= 0.6 is 0 Å². The zero-order chi connectivity index (χ0) is 16.5. The summed E-state index contributed by atoms with van der Waals surface area (Å²) in [5, 5.41) is 0. The highest BCUT2D eigenvalue weighted by Gasteiger charge is 2.29. The second kappa shape index (κ2) is 5.92. The van der Waals surface area contributed by atoms with Crippen molar-refractivity contribution in [1.82, 2.24) is 9.80 Å². The van der Waals surface area contributed by atoms with Crippen molar-refractivity contribution >= 4 is 11.8 Å². The fourth-order valence-corrected chi connectivity index (χ4v) is 2.86. The van der Waals surface area contributed by atoms with Gasteiger partial charge in [-0.05, 0) is 29.8 Å². The lowest BCUT2D eigenvalue weighted by Gasteiger charge is -2.34. The quantitative estimate of drug-likeness (QED) is 0.854. The van der Waals surface area contributed by atoms with Gasteiger partial charge in [-0.3, -0.25) is 9.59 Å². The predicted octanol–water partition coefficient (Wildman–Crippen LogP) is 1.49. The highest BCUT2D eigenvalue weighted by atomic mass is 16.7. The van der Waals surface area contributed by atoms with Gasteiger partial charge in [0.25, 0.3) is 5.91 Å². The van der Waals surface area contributed by atoms with Crippen LogP contribution < -0.4 is 9.47 Å². The largest absolute Gasteiger partial charge is 0.459 e. The SMILES string of the molecule is O=C1CN(C(=O)c2ccco2)CCN1Cc1ccc2c(c1)OCO2. The minimum absolute atomic E-state index is 0.0596. The normalized spacial score (nSPS) is 16.6. The molecule has 2 aromatic rings. The summed E-state index contributed by atoms with van der Waals surface area (Å²) in [4.78, 5) is 27.8.